The Morgan fingerprint density at radius 1 is 0.933 bits per heavy atom. The number of hydrogen-bond donors (Lipinski definition) is 1. The summed E-state index contributed by atoms with van der Waals surface area (Å²) >= 11 is 0. The summed E-state index contributed by atoms with van der Waals surface area (Å²) in [5.74, 6) is -4.62. The molecule has 0 aromatic carbocycles. The van der Waals surface area contributed by atoms with E-state index in [0.29, 0.717) is 12.8 Å². The van der Waals surface area contributed by atoms with Gasteiger partial charge in [-0.05, 0) is 19.3 Å². The number of unbranched alkanes of at least 4 members (excludes halogenated alkanes) is 1. The van der Waals surface area contributed by atoms with E-state index in [1.807, 2.05) is 0 Å². The summed E-state index contributed by atoms with van der Waals surface area (Å²) in [6.45, 7) is -0.0248. The van der Waals surface area contributed by atoms with Gasteiger partial charge in [0.05, 0.1) is 0 Å². The highest BCUT2D eigenvalue weighted by molar-refractivity contribution is 4.85. The van der Waals surface area contributed by atoms with Crippen LogP contribution in [0.5, 0.6) is 0 Å². The second kappa shape index (κ2) is 6.05. The zero-order valence-corrected chi connectivity index (χ0v) is 8.03. The fraction of sp³-hybridized carbons (Fsp3) is 0.778. The fourth-order valence-corrected chi connectivity index (χ4v) is 0.851. The Balaban J connectivity index is 3.80. The van der Waals surface area contributed by atoms with Gasteiger partial charge in [0.2, 0.25) is 0 Å². The molecule has 90 valence electrons. The van der Waals surface area contributed by atoms with E-state index in [9.17, 15) is 22.0 Å². The van der Waals surface area contributed by atoms with Gasteiger partial charge in [-0.15, -0.1) is 0 Å². The Hall–Kier alpha value is -0.650. The second-order valence-corrected chi connectivity index (χ2v) is 3.08. The third-order valence-electron chi connectivity index (χ3n) is 1.74. The smallest absolute Gasteiger partial charge is 0.396 e. The van der Waals surface area contributed by atoms with Crippen molar-refractivity contribution in [3.05, 3.63) is 12.2 Å². The number of halogens is 5. The fourth-order valence-electron chi connectivity index (χ4n) is 0.851. The Morgan fingerprint density at radius 3 is 1.93 bits per heavy atom. The lowest BCUT2D eigenvalue weighted by Gasteiger charge is -2.18. The quantitative estimate of drug-likeness (QED) is 0.423. The van der Waals surface area contributed by atoms with Crippen LogP contribution in [0.3, 0.4) is 0 Å². The molecule has 1 nitrogen and oxygen atoms in total. The molecule has 6 heteroatoms. The average molecular weight is 232 g/mol. The third-order valence-corrected chi connectivity index (χ3v) is 1.74. The molecule has 15 heavy (non-hydrogen) atoms. The van der Waals surface area contributed by atoms with Crippen molar-refractivity contribution >= 4 is 0 Å². The molecular formula is C9H13F5O. The first kappa shape index (κ1) is 14.3. The Kier molecular flexibility index (Phi) is 5.79. The number of hydrogen-bond acceptors (Lipinski definition) is 1. The summed E-state index contributed by atoms with van der Waals surface area (Å²) < 4.78 is 59.6. The van der Waals surface area contributed by atoms with E-state index in [1.54, 1.807) is 0 Å². The van der Waals surface area contributed by atoms with E-state index in [-0.39, 0.29) is 13.0 Å². The van der Waals surface area contributed by atoms with Crippen LogP contribution in [0.2, 0.25) is 0 Å². The first-order valence-corrected chi connectivity index (χ1v) is 4.51. The minimum atomic E-state index is -5.47. The molecule has 0 rings (SSSR count). The van der Waals surface area contributed by atoms with Crippen LogP contribution in [0.1, 0.15) is 25.7 Å². The normalized spacial score (nSPS) is 13.7. The van der Waals surface area contributed by atoms with Crippen molar-refractivity contribution in [2.75, 3.05) is 6.61 Å². The zero-order chi connectivity index (χ0) is 11.9. The minimum Gasteiger partial charge on any atom is -0.396 e. The molecule has 0 bridgehead atoms. The molecule has 0 unspecified atom stereocenters. The summed E-state index contributed by atoms with van der Waals surface area (Å²) in [7, 11) is 0. The highest BCUT2D eigenvalue weighted by Gasteiger charge is 2.56. The summed E-state index contributed by atoms with van der Waals surface area (Å²) in [4.78, 5) is 0. The molecule has 0 heterocycles. The van der Waals surface area contributed by atoms with E-state index in [2.05, 4.69) is 0 Å². The van der Waals surface area contributed by atoms with Crippen molar-refractivity contribution in [1.82, 2.24) is 0 Å². The van der Waals surface area contributed by atoms with Gasteiger partial charge in [-0.25, -0.2) is 0 Å². The van der Waals surface area contributed by atoms with Crippen molar-refractivity contribution in [3.8, 4) is 0 Å². The van der Waals surface area contributed by atoms with E-state index >= 15 is 0 Å². The number of allylic oxidation sites excluding steroid dienone is 2. The predicted octanol–water partition coefficient (Wildman–Crippen LogP) is 3.29. The lowest BCUT2D eigenvalue weighted by molar-refractivity contribution is -0.283. The van der Waals surface area contributed by atoms with Gasteiger partial charge >= 0.3 is 12.1 Å². The lowest BCUT2D eigenvalue weighted by atomic mass is 10.1. The van der Waals surface area contributed by atoms with Gasteiger partial charge in [-0.3, -0.25) is 0 Å². The third kappa shape index (κ3) is 5.71. The second-order valence-electron chi connectivity index (χ2n) is 3.08. The largest absolute Gasteiger partial charge is 0.453 e. The van der Waals surface area contributed by atoms with Crippen LogP contribution >= 0.6 is 0 Å². The van der Waals surface area contributed by atoms with Gasteiger partial charge in [0.25, 0.3) is 0 Å². The van der Waals surface area contributed by atoms with E-state index < -0.39 is 18.5 Å². The molecule has 0 atom stereocenters. The monoisotopic (exact) mass is 232 g/mol. The van der Waals surface area contributed by atoms with Gasteiger partial charge in [0, 0.05) is 13.0 Å². The van der Waals surface area contributed by atoms with Gasteiger partial charge in [0.1, 0.15) is 0 Å². The van der Waals surface area contributed by atoms with Crippen LogP contribution in [0, 0.1) is 0 Å². The number of rotatable bonds is 6. The van der Waals surface area contributed by atoms with Gasteiger partial charge < -0.3 is 5.11 Å². The summed E-state index contributed by atoms with van der Waals surface area (Å²) in [6.07, 6.45) is -3.30. The highest BCUT2D eigenvalue weighted by Crippen LogP contribution is 2.38. The van der Waals surface area contributed by atoms with E-state index in [0.717, 1.165) is 0 Å². The van der Waals surface area contributed by atoms with Crippen LogP contribution in [-0.2, 0) is 0 Å². The van der Waals surface area contributed by atoms with Crippen LogP contribution in [0.15, 0.2) is 12.2 Å². The standard InChI is InChI=1S/C9H13F5O/c10-8(11,9(12,13)14)6-4-2-1-3-5-7-15/h1-2,15H,3-7H2/b2-1-. The minimum absolute atomic E-state index is 0.0248. The summed E-state index contributed by atoms with van der Waals surface area (Å²) in [6, 6.07) is 0. The van der Waals surface area contributed by atoms with Crippen molar-refractivity contribution in [3.63, 3.8) is 0 Å². The molecule has 0 saturated heterocycles. The molecule has 0 aliphatic rings. The number of aliphatic hydroxyl groups is 1. The Morgan fingerprint density at radius 2 is 1.47 bits per heavy atom. The molecule has 0 aromatic rings. The highest BCUT2D eigenvalue weighted by atomic mass is 19.4. The maximum absolute atomic E-state index is 12.3. The van der Waals surface area contributed by atoms with Crippen molar-refractivity contribution in [2.45, 2.75) is 37.8 Å². The zero-order valence-electron chi connectivity index (χ0n) is 8.03. The first-order chi connectivity index (χ1) is 6.81. The van der Waals surface area contributed by atoms with Crippen LogP contribution in [-0.4, -0.2) is 23.8 Å². The van der Waals surface area contributed by atoms with Crippen LogP contribution in [0.4, 0.5) is 22.0 Å². The molecular weight excluding hydrogens is 219 g/mol. The maximum Gasteiger partial charge on any atom is 0.453 e. The average Bonchev–Trinajstić information content (AvgIpc) is 2.09. The van der Waals surface area contributed by atoms with Crippen LogP contribution in [0.25, 0.3) is 0 Å². The molecule has 0 spiro atoms. The molecule has 1 N–H and O–H groups in total. The molecule has 0 amide bonds. The van der Waals surface area contributed by atoms with Crippen LogP contribution < -0.4 is 0 Å². The van der Waals surface area contributed by atoms with Gasteiger partial charge in [-0.1, -0.05) is 12.2 Å². The first-order valence-electron chi connectivity index (χ1n) is 4.51. The summed E-state index contributed by atoms with van der Waals surface area (Å²) in [5.41, 5.74) is 0. The van der Waals surface area contributed by atoms with Crippen molar-refractivity contribution < 1.29 is 27.1 Å². The maximum atomic E-state index is 12.3. The molecule has 0 saturated carbocycles. The molecule has 0 aliphatic heterocycles. The van der Waals surface area contributed by atoms with Crippen molar-refractivity contribution in [1.29, 1.82) is 0 Å². The van der Waals surface area contributed by atoms with Crippen molar-refractivity contribution in [2.24, 2.45) is 0 Å². The van der Waals surface area contributed by atoms with Gasteiger partial charge in [0.15, 0.2) is 0 Å². The van der Waals surface area contributed by atoms with Gasteiger partial charge in [-0.2, -0.15) is 22.0 Å². The Bertz CT molecular complexity index is 197. The molecule has 0 fully saturated rings. The Labute approximate surface area is 84.6 Å². The molecule has 0 aromatic heterocycles. The summed E-state index contributed by atoms with van der Waals surface area (Å²) in [5, 5.41) is 8.36. The van der Waals surface area contributed by atoms with E-state index in [4.69, 9.17) is 5.11 Å². The SMILES string of the molecule is OCCC/C=C\CCC(F)(F)C(F)(F)F. The van der Waals surface area contributed by atoms with E-state index in [1.165, 1.54) is 12.2 Å². The topological polar surface area (TPSA) is 20.2 Å². The molecule has 0 aliphatic carbocycles. The predicted molar refractivity (Wildman–Crippen MR) is 45.7 cm³/mol. The molecule has 0 radical (unpaired) electrons. The number of alkyl halides is 5. The number of aliphatic hydroxyl groups excluding tert-OH is 1. The lowest BCUT2D eigenvalue weighted by Crippen LogP contribution is -2.35.